The highest BCUT2D eigenvalue weighted by Crippen LogP contribution is 2.23. The molecule has 5 heteroatoms. The van der Waals surface area contributed by atoms with E-state index in [9.17, 15) is 4.39 Å². The van der Waals surface area contributed by atoms with E-state index in [2.05, 4.69) is 17.3 Å². The second-order valence-corrected chi connectivity index (χ2v) is 6.49. The Kier molecular flexibility index (Phi) is 5.51. The minimum Gasteiger partial charge on any atom is -0.315 e. The lowest BCUT2D eigenvalue weighted by Crippen LogP contribution is -2.52. The molecule has 1 N–H and O–H groups in total. The lowest BCUT2D eigenvalue weighted by atomic mass is 9.99. The van der Waals surface area contributed by atoms with Crippen LogP contribution in [-0.4, -0.2) is 49.1 Å². The van der Waals surface area contributed by atoms with E-state index in [1.165, 1.54) is 5.75 Å². The third-order valence-electron chi connectivity index (χ3n) is 3.75. The fourth-order valence-electron chi connectivity index (χ4n) is 2.50. The van der Waals surface area contributed by atoms with Crippen molar-refractivity contribution in [1.82, 2.24) is 10.2 Å². The van der Waals surface area contributed by atoms with Crippen LogP contribution in [0.3, 0.4) is 0 Å². The van der Waals surface area contributed by atoms with Gasteiger partial charge in [-0.25, -0.2) is 4.39 Å². The first-order valence-corrected chi connectivity index (χ1v) is 8.05. The number of hydrogen-bond acceptors (Lipinski definition) is 3. The van der Waals surface area contributed by atoms with Crippen molar-refractivity contribution in [1.29, 1.82) is 0 Å². The second-order valence-electron chi connectivity index (χ2n) is 4.94. The Morgan fingerprint density at radius 3 is 3.05 bits per heavy atom. The van der Waals surface area contributed by atoms with Crippen LogP contribution >= 0.6 is 23.4 Å². The van der Waals surface area contributed by atoms with Gasteiger partial charge < -0.3 is 10.2 Å². The van der Waals surface area contributed by atoms with E-state index in [-0.39, 0.29) is 16.9 Å². The number of benzene rings is 1. The molecule has 0 saturated carbocycles. The topological polar surface area (TPSA) is 15.3 Å². The SMILES string of the molecule is CNC(Cc1cccc(Cl)c1F)C1CSCCN1C. The number of likely N-dealkylation sites (N-methyl/N-ethyl adjacent to an activating group) is 2. The van der Waals surface area contributed by atoms with Crippen LogP contribution in [0.4, 0.5) is 4.39 Å². The van der Waals surface area contributed by atoms with Gasteiger partial charge in [0.2, 0.25) is 0 Å². The second kappa shape index (κ2) is 6.93. The van der Waals surface area contributed by atoms with Crippen LogP contribution in [0.25, 0.3) is 0 Å². The summed E-state index contributed by atoms with van der Waals surface area (Å²) < 4.78 is 14.0. The normalized spacial score (nSPS) is 22.4. The smallest absolute Gasteiger partial charge is 0.145 e. The van der Waals surface area contributed by atoms with E-state index in [0.29, 0.717) is 18.0 Å². The Hall–Kier alpha value is -0.290. The number of nitrogens with zero attached hydrogens (tertiary/aromatic N) is 1. The summed E-state index contributed by atoms with van der Waals surface area (Å²) in [6.07, 6.45) is 0.665. The zero-order valence-electron chi connectivity index (χ0n) is 11.3. The van der Waals surface area contributed by atoms with Crippen molar-refractivity contribution < 1.29 is 4.39 Å². The van der Waals surface area contributed by atoms with Crippen LogP contribution in [0.2, 0.25) is 5.02 Å². The minimum atomic E-state index is -0.282. The molecule has 1 aliphatic heterocycles. The maximum atomic E-state index is 14.0. The van der Waals surface area contributed by atoms with E-state index >= 15 is 0 Å². The van der Waals surface area contributed by atoms with Crippen molar-refractivity contribution in [3.8, 4) is 0 Å². The Morgan fingerprint density at radius 1 is 1.58 bits per heavy atom. The molecule has 1 aromatic rings. The molecule has 0 aromatic heterocycles. The van der Waals surface area contributed by atoms with Crippen molar-refractivity contribution in [3.63, 3.8) is 0 Å². The molecule has 2 rings (SSSR count). The number of rotatable bonds is 4. The minimum absolute atomic E-state index is 0.207. The predicted molar refractivity (Wildman–Crippen MR) is 81.7 cm³/mol. The highest BCUT2D eigenvalue weighted by Gasteiger charge is 2.27. The fourth-order valence-corrected chi connectivity index (χ4v) is 4.01. The summed E-state index contributed by atoms with van der Waals surface area (Å²) >= 11 is 7.81. The zero-order chi connectivity index (χ0) is 13.8. The quantitative estimate of drug-likeness (QED) is 0.920. The van der Waals surface area contributed by atoms with Gasteiger partial charge in [0.1, 0.15) is 5.82 Å². The Morgan fingerprint density at radius 2 is 2.37 bits per heavy atom. The average molecular weight is 303 g/mol. The summed E-state index contributed by atoms with van der Waals surface area (Å²) in [4.78, 5) is 2.36. The van der Waals surface area contributed by atoms with E-state index < -0.39 is 0 Å². The van der Waals surface area contributed by atoms with Crippen molar-refractivity contribution in [2.75, 3.05) is 32.1 Å². The Bertz CT molecular complexity index is 430. The van der Waals surface area contributed by atoms with Crippen LogP contribution in [0.5, 0.6) is 0 Å². The molecule has 1 aliphatic rings. The molecule has 19 heavy (non-hydrogen) atoms. The Labute approximate surface area is 123 Å². The lowest BCUT2D eigenvalue weighted by molar-refractivity contribution is 0.218. The van der Waals surface area contributed by atoms with Crippen molar-refractivity contribution in [2.24, 2.45) is 0 Å². The van der Waals surface area contributed by atoms with Crippen LogP contribution in [0.1, 0.15) is 5.56 Å². The maximum absolute atomic E-state index is 14.0. The maximum Gasteiger partial charge on any atom is 0.145 e. The summed E-state index contributed by atoms with van der Waals surface area (Å²) in [7, 11) is 4.09. The van der Waals surface area contributed by atoms with Gasteiger partial charge >= 0.3 is 0 Å². The van der Waals surface area contributed by atoms with E-state index in [1.807, 2.05) is 30.9 Å². The van der Waals surface area contributed by atoms with Crippen LogP contribution < -0.4 is 5.32 Å². The average Bonchev–Trinajstić information content (AvgIpc) is 2.41. The molecule has 0 aliphatic carbocycles. The van der Waals surface area contributed by atoms with Crippen LogP contribution in [0.15, 0.2) is 18.2 Å². The molecular weight excluding hydrogens is 283 g/mol. The molecule has 1 aromatic carbocycles. The molecular formula is C14H20ClFN2S. The lowest BCUT2D eigenvalue weighted by Gasteiger charge is -2.37. The molecule has 0 radical (unpaired) electrons. The largest absolute Gasteiger partial charge is 0.315 e. The van der Waals surface area contributed by atoms with Gasteiger partial charge in [-0.1, -0.05) is 23.7 Å². The first kappa shape index (κ1) is 15.1. The van der Waals surface area contributed by atoms with Crippen molar-refractivity contribution in [2.45, 2.75) is 18.5 Å². The van der Waals surface area contributed by atoms with Gasteiger partial charge in [-0.3, -0.25) is 0 Å². The molecule has 1 heterocycles. The Balaban J connectivity index is 2.12. The fraction of sp³-hybridized carbons (Fsp3) is 0.571. The molecule has 0 bridgehead atoms. The summed E-state index contributed by atoms with van der Waals surface area (Å²) in [5.74, 6) is 1.98. The monoisotopic (exact) mass is 302 g/mol. The highest BCUT2D eigenvalue weighted by molar-refractivity contribution is 7.99. The molecule has 0 spiro atoms. The van der Waals surface area contributed by atoms with E-state index in [0.717, 1.165) is 12.3 Å². The van der Waals surface area contributed by atoms with Gasteiger partial charge in [-0.15, -0.1) is 0 Å². The van der Waals surface area contributed by atoms with Gasteiger partial charge in [0.05, 0.1) is 5.02 Å². The first-order valence-electron chi connectivity index (χ1n) is 6.51. The number of halogens is 2. The van der Waals surface area contributed by atoms with Crippen LogP contribution in [-0.2, 0) is 6.42 Å². The van der Waals surface area contributed by atoms with E-state index in [4.69, 9.17) is 11.6 Å². The molecule has 2 unspecified atom stereocenters. The molecule has 2 atom stereocenters. The third-order valence-corrected chi connectivity index (χ3v) is 5.09. The number of hydrogen-bond donors (Lipinski definition) is 1. The number of thioether (sulfide) groups is 1. The van der Waals surface area contributed by atoms with Gasteiger partial charge in [0.25, 0.3) is 0 Å². The van der Waals surface area contributed by atoms with Gasteiger partial charge in [-0.2, -0.15) is 11.8 Å². The van der Waals surface area contributed by atoms with E-state index in [1.54, 1.807) is 6.07 Å². The molecule has 2 nitrogen and oxygen atoms in total. The predicted octanol–water partition coefficient (Wildman–Crippen LogP) is 2.66. The summed E-state index contributed by atoms with van der Waals surface area (Å²) in [6, 6.07) is 5.90. The summed E-state index contributed by atoms with van der Waals surface area (Å²) in [6.45, 7) is 1.09. The standard InChI is InChI=1S/C14H20ClFN2S/c1-17-12(13-9-19-7-6-18(13)2)8-10-4-3-5-11(15)14(10)16/h3-5,12-13,17H,6-9H2,1-2H3. The zero-order valence-corrected chi connectivity index (χ0v) is 12.9. The summed E-state index contributed by atoms with van der Waals surface area (Å²) in [5, 5.41) is 3.54. The molecule has 0 amide bonds. The number of nitrogens with one attached hydrogen (secondary N) is 1. The third kappa shape index (κ3) is 3.63. The highest BCUT2D eigenvalue weighted by atomic mass is 35.5. The van der Waals surface area contributed by atoms with Crippen molar-refractivity contribution in [3.05, 3.63) is 34.6 Å². The molecule has 1 fully saturated rings. The van der Waals surface area contributed by atoms with Crippen LogP contribution in [0, 0.1) is 5.82 Å². The van der Waals surface area contributed by atoms with Crippen molar-refractivity contribution >= 4 is 23.4 Å². The van der Waals surface area contributed by atoms with Gasteiger partial charge in [0, 0.05) is 30.1 Å². The summed E-state index contributed by atoms with van der Waals surface area (Å²) in [5.41, 5.74) is 0.691. The molecule has 1 saturated heterocycles. The molecule has 106 valence electrons. The first-order chi connectivity index (χ1) is 9.13. The van der Waals surface area contributed by atoms with Gasteiger partial charge in [0.15, 0.2) is 0 Å². The van der Waals surface area contributed by atoms with Gasteiger partial charge in [-0.05, 0) is 32.1 Å².